The molecule has 11 rings (SSSR count). The molecule has 3 aromatic heterocycles. The summed E-state index contributed by atoms with van der Waals surface area (Å²) in [5.41, 5.74) is 18.6. The van der Waals surface area contributed by atoms with Crippen molar-refractivity contribution in [3.63, 3.8) is 0 Å². The highest BCUT2D eigenvalue weighted by molar-refractivity contribution is 7.13. The van der Waals surface area contributed by atoms with E-state index in [1.807, 2.05) is 65.6 Å². The number of piperidine rings is 4. The smallest absolute Gasteiger partial charge is 0.304 e. The van der Waals surface area contributed by atoms with Crippen LogP contribution in [0.4, 0.5) is 11.4 Å². The van der Waals surface area contributed by atoms with Crippen molar-refractivity contribution in [3.05, 3.63) is 115 Å². The number of amides is 1. The van der Waals surface area contributed by atoms with E-state index in [-0.39, 0.29) is 35.6 Å². The third kappa shape index (κ3) is 18.2. The standard InChI is InChI=1S/C15H19N3O.C13H18N3P.C13H17N3.C7H14NO2P.C6H8N2.CH4.B.H2/c1-11(19)18-9-5-4-6-12(18)10-15-16-13-7-2-3-8-14(13)17-15;17-16-8-4-3-5-10(16)9-13-14-11-6-1-2-7-12(11)15-13;1-2-7-12-11(6-1)15-13(16-12)9-10-5-3-4-8-14-10;9-7(10)5-6-3-1-2-4-8(6)11;7-5-3-1-2-4-6(5)8;;;/h2-3,7-8,12H,4-6,9-10H2,1H3,(H,16,17);1-2,6-7,10H,3-5,8-9,17H2,(H,14,15);1-2,6-7,10,14H,3-5,8-9H2,(H,15,16);6H,1-5,11H2,(H,9,10);1-4H,7-8H2;1H4;;1H/i;;;;;;;1+1. The average Bonchev–Trinajstić information content (AvgIpc) is 4.11. The summed E-state index contributed by atoms with van der Waals surface area (Å²) in [6.07, 6.45) is 17.8. The van der Waals surface area contributed by atoms with Gasteiger partial charge in [-0.2, -0.15) is 0 Å². The number of hydrogen-bond acceptors (Lipinski definition) is 10. The van der Waals surface area contributed by atoms with Gasteiger partial charge in [-0.1, -0.05) is 94.0 Å². The zero-order chi connectivity index (χ0) is 50.0. The van der Waals surface area contributed by atoms with Gasteiger partial charge in [-0.25, -0.2) is 15.0 Å². The number of para-hydroxylation sites is 8. The molecular formula is C55H82BN12O3P2. The van der Waals surface area contributed by atoms with Crippen LogP contribution in [0.1, 0.15) is 117 Å². The predicted octanol–water partition coefficient (Wildman–Crippen LogP) is 9.96. The van der Waals surface area contributed by atoms with Crippen LogP contribution in [0.2, 0.25) is 0 Å². The number of nitrogens with one attached hydrogen (secondary N) is 4. The highest BCUT2D eigenvalue weighted by Gasteiger charge is 2.26. The van der Waals surface area contributed by atoms with Gasteiger partial charge in [0.25, 0.3) is 0 Å². The maximum Gasteiger partial charge on any atom is 0.304 e. The lowest BCUT2D eigenvalue weighted by molar-refractivity contribution is -0.138. The number of anilines is 2. The van der Waals surface area contributed by atoms with Crippen LogP contribution in [0.25, 0.3) is 33.1 Å². The number of nitrogens with zero attached hydrogens (tertiary/aromatic N) is 6. The number of carboxylic acid groups (broad SMARTS) is 1. The van der Waals surface area contributed by atoms with E-state index < -0.39 is 5.97 Å². The fraction of sp³-hybridized carbons (Fsp3) is 0.473. The number of H-pyrrole nitrogens is 3. The Bertz CT molecular complexity index is 2610. The molecule has 0 aliphatic carbocycles. The number of aliphatic carboxylic acids is 1. The average molecular weight is 1030 g/mol. The summed E-state index contributed by atoms with van der Waals surface area (Å²) in [4.78, 5) is 48.1. The van der Waals surface area contributed by atoms with Gasteiger partial charge in [0.15, 0.2) is 0 Å². The minimum Gasteiger partial charge on any atom is -0.481 e. The number of carbonyl (C=O) groups is 2. The molecule has 4 aliphatic rings. The molecule has 393 valence electrons. The van der Waals surface area contributed by atoms with Crippen LogP contribution in [0.3, 0.4) is 0 Å². The van der Waals surface area contributed by atoms with Crippen molar-refractivity contribution in [2.45, 2.75) is 141 Å². The minimum atomic E-state index is -0.690. The Hall–Kier alpha value is -5.37. The van der Waals surface area contributed by atoms with Crippen LogP contribution >= 0.6 is 18.8 Å². The highest BCUT2D eigenvalue weighted by atomic mass is 31.0. The van der Waals surface area contributed by atoms with Crippen LogP contribution in [-0.4, -0.2) is 120 Å². The number of carboxylic acids is 1. The SMILES string of the molecule is C.CC(=O)N1CCCCC1Cc1nc2ccccc2[nH]1.Nc1ccccc1N.O=C(O)CC1CCCCN1P.PN1CCCCC1Cc1nc2ccccc2[nH]1.[2HH].[B].c1ccc2[nH]c(CC3CCCCN3)nc2c1. The van der Waals surface area contributed by atoms with Crippen LogP contribution in [0.5, 0.6) is 0 Å². The summed E-state index contributed by atoms with van der Waals surface area (Å²) in [6.45, 7) is 5.92. The molecule has 4 aliphatic heterocycles. The molecule has 4 aromatic carbocycles. The van der Waals surface area contributed by atoms with Gasteiger partial charge >= 0.3 is 5.97 Å². The van der Waals surface area contributed by atoms with Crippen molar-refractivity contribution < 1.29 is 16.1 Å². The largest absolute Gasteiger partial charge is 0.481 e. The van der Waals surface area contributed by atoms with E-state index in [0.717, 1.165) is 109 Å². The molecule has 6 atom stereocenters. The first-order valence-electron chi connectivity index (χ1n) is 25.6. The third-order valence-corrected chi connectivity index (χ3v) is 15.2. The molecule has 9 N–H and O–H groups in total. The summed E-state index contributed by atoms with van der Waals surface area (Å²) in [7, 11) is 5.46. The number of fused-ring (bicyclic) bond motifs is 3. The van der Waals surface area contributed by atoms with E-state index in [1.54, 1.807) is 19.1 Å². The number of carbonyl (C=O) groups excluding carboxylic acids is 1. The monoisotopic (exact) mass is 1030 g/mol. The maximum atomic E-state index is 11.7. The third-order valence-electron chi connectivity index (χ3n) is 13.8. The van der Waals surface area contributed by atoms with E-state index in [1.165, 1.54) is 64.3 Å². The number of nitrogen functional groups attached to an aromatic ring is 2. The number of nitrogens with two attached hydrogens (primary N) is 2. The fourth-order valence-corrected chi connectivity index (χ4v) is 10.8. The Balaban J connectivity index is 0.000000203. The summed E-state index contributed by atoms with van der Waals surface area (Å²) in [6, 6.07) is 33.5. The van der Waals surface area contributed by atoms with Crippen LogP contribution in [-0.2, 0) is 28.9 Å². The van der Waals surface area contributed by atoms with Gasteiger partial charge < -0.3 is 41.7 Å². The van der Waals surface area contributed by atoms with Crippen molar-refractivity contribution in [2.75, 3.05) is 37.6 Å². The second-order valence-electron chi connectivity index (χ2n) is 19.2. The summed E-state index contributed by atoms with van der Waals surface area (Å²) < 4.78 is 4.45. The van der Waals surface area contributed by atoms with Gasteiger partial charge in [0, 0.05) is 79.8 Å². The number of hydrogen-bond donors (Lipinski definition) is 7. The van der Waals surface area contributed by atoms with E-state index in [4.69, 9.17) is 16.6 Å². The number of aromatic nitrogens is 6. The molecule has 3 radical (unpaired) electrons. The topological polar surface area (TPSA) is 214 Å². The quantitative estimate of drug-likeness (QED) is 0.0432. The molecule has 1 amide bonds. The zero-order valence-electron chi connectivity index (χ0n) is 42.0. The normalized spacial score (nSPS) is 20.0. The van der Waals surface area contributed by atoms with Crippen molar-refractivity contribution >= 4 is 83.5 Å². The van der Waals surface area contributed by atoms with E-state index in [9.17, 15) is 9.59 Å². The van der Waals surface area contributed by atoms with Gasteiger partial charge in [0.1, 0.15) is 17.5 Å². The lowest BCUT2D eigenvalue weighted by atomic mass is 9.99. The molecule has 0 spiro atoms. The summed E-state index contributed by atoms with van der Waals surface area (Å²) >= 11 is 0. The second-order valence-corrected chi connectivity index (χ2v) is 20.6. The Morgan fingerprint density at radius 1 is 0.589 bits per heavy atom. The molecule has 7 heterocycles. The number of benzene rings is 4. The van der Waals surface area contributed by atoms with Crippen LogP contribution in [0, 0.1) is 0 Å². The molecule has 6 unspecified atom stereocenters. The van der Waals surface area contributed by atoms with Crippen molar-refractivity contribution in [1.82, 2.24) is 49.5 Å². The van der Waals surface area contributed by atoms with Crippen molar-refractivity contribution in [3.8, 4) is 0 Å². The van der Waals surface area contributed by atoms with E-state index in [0.29, 0.717) is 29.5 Å². The van der Waals surface area contributed by atoms with E-state index in [2.05, 4.69) is 87.6 Å². The Morgan fingerprint density at radius 3 is 1.42 bits per heavy atom. The molecule has 73 heavy (non-hydrogen) atoms. The molecule has 0 bridgehead atoms. The number of imidazole rings is 3. The Labute approximate surface area is 440 Å². The lowest BCUT2D eigenvalue weighted by Gasteiger charge is -2.34. The van der Waals surface area contributed by atoms with Gasteiger partial charge in [0.2, 0.25) is 5.91 Å². The Kier molecular flexibility index (Phi) is 24.1. The summed E-state index contributed by atoms with van der Waals surface area (Å²) in [5, 5.41) is 12.1. The van der Waals surface area contributed by atoms with Gasteiger partial charge in [-0.15, -0.1) is 0 Å². The van der Waals surface area contributed by atoms with E-state index >= 15 is 0 Å². The van der Waals surface area contributed by atoms with Crippen molar-refractivity contribution in [2.24, 2.45) is 0 Å². The molecule has 4 saturated heterocycles. The molecule has 18 heteroatoms. The molecule has 7 aromatic rings. The predicted molar refractivity (Wildman–Crippen MR) is 310 cm³/mol. The number of likely N-dealkylation sites (tertiary alicyclic amines) is 1. The number of rotatable bonds is 8. The molecular weight excluding hydrogens is 949 g/mol. The summed E-state index contributed by atoms with van der Waals surface area (Å²) in [5.74, 6) is 2.70. The minimum absolute atomic E-state index is 0. The lowest BCUT2D eigenvalue weighted by Crippen LogP contribution is -2.43. The van der Waals surface area contributed by atoms with Gasteiger partial charge in [-0.05, 0) is 113 Å². The molecule has 4 fully saturated rings. The second kappa shape index (κ2) is 30.1. The van der Waals surface area contributed by atoms with Crippen molar-refractivity contribution in [1.29, 1.82) is 0 Å². The first-order valence-corrected chi connectivity index (χ1v) is 26.7. The maximum absolute atomic E-state index is 11.7. The van der Waals surface area contributed by atoms with Crippen LogP contribution < -0.4 is 16.8 Å². The Morgan fingerprint density at radius 2 is 1.00 bits per heavy atom. The zero-order valence-corrected chi connectivity index (χ0v) is 44.3. The van der Waals surface area contributed by atoms with Gasteiger partial charge in [-0.3, -0.25) is 18.9 Å². The van der Waals surface area contributed by atoms with Gasteiger partial charge in [0.05, 0.1) is 50.9 Å². The molecule has 15 nitrogen and oxygen atoms in total. The number of aromatic amines is 3. The highest BCUT2D eigenvalue weighted by Crippen LogP contribution is 2.25. The first-order chi connectivity index (χ1) is 34.5. The fourth-order valence-electron chi connectivity index (χ4n) is 9.91. The van der Waals surface area contributed by atoms with Crippen LogP contribution in [0.15, 0.2) is 97.1 Å². The molecule has 0 saturated carbocycles. The first kappa shape index (κ1) is 58.5.